The van der Waals surface area contributed by atoms with Gasteiger partial charge in [-0.05, 0) is 19.1 Å². The van der Waals surface area contributed by atoms with Gasteiger partial charge >= 0.3 is 0 Å². The molecule has 1 amide bonds. The van der Waals surface area contributed by atoms with Crippen LogP contribution in [0.5, 0.6) is 0 Å². The zero-order valence-electron chi connectivity index (χ0n) is 11.7. The average molecular weight is 334 g/mol. The van der Waals surface area contributed by atoms with Crippen molar-refractivity contribution < 1.29 is 9.32 Å². The van der Waals surface area contributed by atoms with Crippen molar-refractivity contribution in [3.05, 3.63) is 57.2 Å². The maximum absolute atomic E-state index is 11.9. The third-order valence-corrected chi connectivity index (χ3v) is 3.96. The Morgan fingerprint density at radius 2 is 2.27 bits per heavy atom. The molecule has 5 nitrogen and oxygen atoms in total. The second-order valence-corrected chi connectivity index (χ2v) is 6.12. The number of rotatable bonds is 4. The van der Waals surface area contributed by atoms with E-state index in [2.05, 4.69) is 15.5 Å². The molecule has 0 saturated carbocycles. The molecule has 2 aromatic heterocycles. The summed E-state index contributed by atoms with van der Waals surface area (Å²) in [5.41, 5.74) is 1.96. The van der Waals surface area contributed by atoms with Crippen LogP contribution in [-0.2, 0) is 6.54 Å². The highest BCUT2D eigenvalue weighted by atomic mass is 35.5. The molecular formula is C15H12ClN3O2S. The van der Waals surface area contributed by atoms with Crippen molar-refractivity contribution in [3.8, 4) is 11.3 Å². The van der Waals surface area contributed by atoms with Crippen molar-refractivity contribution in [2.24, 2.45) is 0 Å². The first kappa shape index (κ1) is 14.7. The van der Waals surface area contributed by atoms with E-state index in [4.69, 9.17) is 16.1 Å². The zero-order valence-corrected chi connectivity index (χ0v) is 13.2. The van der Waals surface area contributed by atoms with Crippen LogP contribution >= 0.6 is 22.9 Å². The van der Waals surface area contributed by atoms with E-state index >= 15 is 0 Å². The molecule has 22 heavy (non-hydrogen) atoms. The first-order chi connectivity index (χ1) is 10.6. The summed E-state index contributed by atoms with van der Waals surface area (Å²) in [6.45, 7) is 2.11. The Morgan fingerprint density at radius 3 is 3.00 bits per heavy atom. The molecule has 0 fully saturated rings. The lowest BCUT2D eigenvalue weighted by Crippen LogP contribution is -2.22. The third-order valence-electron chi connectivity index (χ3n) is 2.95. The number of nitrogens with one attached hydrogen (secondary N) is 1. The first-order valence-electron chi connectivity index (χ1n) is 6.53. The topological polar surface area (TPSA) is 68.0 Å². The van der Waals surface area contributed by atoms with E-state index in [9.17, 15) is 4.79 Å². The van der Waals surface area contributed by atoms with E-state index in [1.165, 1.54) is 11.3 Å². The fourth-order valence-electron chi connectivity index (χ4n) is 1.91. The minimum Gasteiger partial charge on any atom is -0.359 e. The summed E-state index contributed by atoms with van der Waals surface area (Å²) in [4.78, 5) is 16.0. The summed E-state index contributed by atoms with van der Waals surface area (Å²) in [5, 5.41) is 9.95. The van der Waals surface area contributed by atoms with Crippen molar-refractivity contribution in [3.63, 3.8) is 0 Å². The summed E-state index contributed by atoms with van der Waals surface area (Å²) in [6.07, 6.45) is 0. The standard InChI is InChI=1S/C15H12ClN3O2S/c1-9-18-14(8-22-9)15(20)17-7-12-6-13(19-21-12)10-3-2-4-11(16)5-10/h2-6,8H,7H2,1H3,(H,17,20). The molecule has 1 N–H and O–H groups in total. The van der Waals surface area contributed by atoms with Crippen molar-refractivity contribution in [2.75, 3.05) is 0 Å². The van der Waals surface area contributed by atoms with Crippen LogP contribution in [0.2, 0.25) is 5.02 Å². The highest BCUT2D eigenvalue weighted by molar-refractivity contribution is 7.09. The van der Waals surface area contributed by atoms with Gasteiger partial charge in [0.05, 0.1) is 11.6 Å². The molecule has 0 atom stereocenters. The molecule has 7 heteroatoms. The molecule has 0 aliphatic rings. The van der Waals surface area contributed by atoms with Gasteiger partial charge < -0.3 is 9.84 Å². The molecule has 2 heterocycles. The molecule has 0 aliphatic heterocycles. The van der Waals surface area contributed by atoms with Gasteiger partial charge in [-0.25, -0.2) is 4.98 Å². The number of benzene rings is 1. The molecule has 0 unspecified atom stereocenters. The lowest BCUT2D eigenvalue weighted by Gasteiger charge is -1.98. The lowest BCUT2D eigenvalue weighted by molar-refractivity contribution is 0.0942. The Kier molecular flexibility index (Phi) is 4.22. The van der Waals surface area contributed by atoms with E-state index in [1.54, 1.807) is 23.6 Å². The number of halogens is 1. The van der Waals surface area contributed by atoms with Crippen LogP contribution in [0, 0.1) is 6.92 Å². The molecule has 3 aromatic rings. The first-order valence-corrected chi connectivity index (χ1v) is 7.79. The van der Waals surface area contributed by atoms with Gasteiger partial charge in [0.2, 0.25) is 0 Å². The second-order valence-electron chi connectivity index (χ2n) is 4.62. The molecule has 0 radical (unpaired) electrons. The number of carbonyl (C=O) groups excluding carboxylic acids is 1. The van der Waals surface area contributed by atoms with Gasteiger partial charge in [-0.1, -0.05) is 28.9 Å². The molecule has 3 rings (SSSR count). The predicted octanol–water partition coefficient (Wildman–Crippen LogP) is 3.69. The van der Waals surface area contributed by atoms with Crippen LogP contribution < -0.4 is 5.32 Å². The maximum atomic E-state index is 11.9. The Hall–Kier alpha value is -2.18. The largest absolute Gasteiger partial charge is 0.359 e. The van der Waals surface area contributed by atoms with E-state index in [-0.39, 0.29) is 12.5 Å². The van der Waals surface area contributed by atoms with Crippen molar-refractivity contribution in [1.29, 1.82) is 0 Å². The highest BCUT2D eigenvalue weighted by Crippen LogP contribution is 2.22. The fourth-order valence-corrected chi connectivity index (χ4v) is 2.69. The molecule has 1 aromatic carbocycles. The number of aryl methyl sites for hydroxylation is 1. The summed E-state index contributed by atoms with van der Waals surface area (Å²) in [5.74, 6) is 0.334. The number of carbonyl (C=O) groups is 1. The minimum absolute atomic E-state index is 0.231. The normalized spacial score (nSPS) is 10.6. The molecule has 0 aliphatic carbocycles. The van der Waals surface area contributed by atoms with Crippen LogP contribution in [0.25, 0.3) is 11.3 Å². The number of nitrogens with zero attached hydrogens (tertiary/aromatic N) is 2. The Morgan fingerprint density at radius 1 is 1.41 bits per heavy atom. The number of aromatic nitrogens is 2. The number of amides is 1. The third kappa shape index (κ3) is 3.35. The molecule has 0 bridgehead atoms. The number of hydrogen-bond acceptors (Lipinski definition) is 5. The van der Waals surface area contributed by atoms with Crippen molar-refractivity contribution in [2.45, 2.75) is 13.5 Å². The van der Waals surface area contributed by atoms with E-state index < -0.39 is 0 Å². The van der Waals surface area contributed by atoms with Crippen LogP contribution in [0.15, 0.2) is 40.2 Å². The summed E-state index contributed by atoms with van der Waals surface area (Å²) in [6, 6.07) is 9.11. The van der Waals surface area contributed by atoms with Crippen LogP contribution in [0.4, 0.5) is 0 Å². The molecule has 112 valence electrons. The molecular weight excluding hydrogens is 322 g/mol. The van der Waals surface area contributed by atoms with Gasteiger partial charge in [0.25, 0.3) is 5.91 Å². The molecule has 0 saturated heterocycles. The van der Waals surface area contributed by atoms with Gasteiger partial charge in [0.1, 0.15) is 11.4 Å². The Labute approximate surface area is 135 Å². The maximum Gasteiger partial charge on any atom is 0.271 e. The van der Waals surface area contributed by atoms with Gasteiger partial charge in [-0.15, -0.1) is 11.3 Å². The minimum atomic E-state index is -0.231. The smallest absolute Gasteiger partial charge is 0.271 e. The average Bonchev–Trinajstić information content (AvgIpc) is 3.14. The number of thiazole rings is 1. The number of hydrogen-bond donors (Lipinski definition) is 1. The van der Waals surface area contributed by atoms with E-state index in [1.807, 2.05) is 19.1 Å². The van der Waals surface area contributed by atoms with Crippen LogP contribution in [0.1, 0.15) is 21.3 Å². The fraction of sp³-hybridized carbons (Fsp3) is 0.133. The van der Waals surface area contributed by atoms with Crippen molar-refractivity contribution >= 4 is 28.8 Å². The van der Waals surface area contributed by atoms with Crippen molar-refractivity contribution in [1.82, 2.24) is 15.5 Å². The Bertz CT molecular complexity index is 812. The van der Waals surface area contributed by atoms with Crippen LogP contribution in [-0.4, -0.2) is 16.0 Å². The van der Waals surface area contributed by atoms with Gasteiger partial charge in [0.15, 0.2) is 5.76 Å². The van der Waals surface area contributed by atoms with Crippen LogP contribution in [0.3, 0.4) is 0 Å². The predicted molar refractivity (Wildman–Crippen MR) is 85.0 cm³/mol. The monoisotopic (exact) mass is 333 g/mol. The van der Waals surface area contributed by atoms with Gasteiger partial charge in [0, 0.05) is 22.0 Å². The SMILES string of the molecule is Cc1nc(C(=O)NCc2cc(-c3cccc(Cl)c3)no2)cs1. The summed E-state index contributed by atoms with van der Waals surface area (Å²) < 4.78 is 5.22. The van der Waals surface area contributed by atoms with E-state index in [0.717, 1.165) is 10.6 Å². The quantitative estimate of drug-likeness (QED) is 0.790. The Balaban J connectivity index is 1.66. The highest BCUT2D eigenvalue weighted by Gasteiger charge is 2.11. The van der Waals surface area contributed by atoms with E-state index in [0.29, 0.717) is 22.2 Å². The lowest BCUT2D eigenvalue weighted by atomic mass is 10.1. The zero-order chi connectivity index (χ0) is 15.5. The van der Waals surface area contributed by atoms with Gasteiger partial charge in [-0.2, -0.15) is 0 Å². The molecule has 0 spiro atoms. The summed E-state index contributed by atoms with van der Waals surface area (Å²) >= 11 is 7.39. The van der Waals surface area contributed by atoms with Gasteiger partial charge in [-0.3, -0.25) is 4.79 Å². The summed E-state index contributed by atoms with van der Waals surface area (Å²) in [7, 11) is 0. The second kappa shape index (κ2) is 6.29.